The number of aryl methyl sites for hydroxylation is 2. The van der Waals surface area contributed by atoms with E-state index in [1.165, 1.54) is 5.56 Å². The minimum atomic E-state index is -3.27. The summed E-state index contributed by atoms with van der Waals surface area (Å²) < 4.78 is 19.2. The van der Waals surface area contributed by atoms with E-state index in [1.54, 1.807) is 0 Å². The van der Waals surface area contributed by atoms with E-state index >= 15 is 0 Å². The second kappa shape index (κ2) is 8.56. The zero-order valence-corrected chi connectivity index (χ0v) is 23.2. The summed E-state index contributed by atoms with van der Waals surface area (Å²) in [5, 5.41) is 11.2. The van der Waals surface area contributed by atoms with Gasteiger partial charge in [0.2, 0.25) is 0 Å². The monoisotopic (exact) mass is 474 g/mol. The predicted molar refractivity (Wildman–Crippen MR) is 140 cm³/mol. The Labute approximate surface area is 200 Å². The predicted octanol–water partition coefficient (Wildman–Crippen LogP) is 7.57. The second-order valence-corrected chi connectivity index (χ2v) is 16.4. The van der Waals surface area contributed by atoms with Crippen molar-refractivity contribution in [1.29, 1.82) is 0 Å². The molecule has 1 heterocycles. The molecule has 1 aliphatic rings. The van der Waals surface area contributed by atoms with Gasteiger partial charge in [-0.3, -0.25) is 0 Å². The summed E-state index contributed by atoms with van der Waals surface area (Å²) in [7, 11) is -3.27. The molecule has 4 nitrogen and oxygen atoms in total. The van der Waals surface area contributed by atoms with Crippen molar-refractivity contribution in [1.82, 2.24) is 0 Å². The van der Waals surface area contributed by atoms with Gasteiger partial charge in [0.05, 0.1) is 0 Å². The number of benzene rings is 2. The SMILES string of the molecule is Cc1cc(Cc2cc(C)cc(C(C)(C)C)c2OP2(C)(C)OCCCO2)c(O)c(C(C)(C)C)c1. The molecule has 0 spiro atoms. The summed E-state index contributed by atoms with van der Waals surface area (Å²) in [6.45, 7) is 22.5. The van der Waals surface area contributed by atoms with E-state index in [4.69, 9.17) is 13.6 Å². The molecule has 2 aromatic carbocycles. The van der Waals surface area contributed by atoms with E-state index in [1.807, 2.05) is 13.3 Å². The zero-order chi connectivity index (χ0) is 24.8. The van der Waals surface area contributed by atoms with Crippen LogP contribution in [0, 0.1) is 13.8 Å². The quantitative estimate of drug-likeness (QED) is 0.464. The Balaban J connectivity index is 2.19. The Kier molecular flexibility index (Phi) is 6.74. The van der Waals surface area contributed by atoms with Crippen LogP contribution in [0.1, 0.15) is 81.3 Å². The molecule has 3 rings (SSSR count). The third-order valence-electron chi connectivity index (χ3n) is 6.19. The average molecular weight is 475 g/mol. The average Bonchev–Trinajstić information content (AvgIpc) is 2.64. The van der Waals surface area contributed by atoms with E-state index in [0.29, 0.717) is 25.4 Å². The van der Waals surface area contributed by atoms with Crippen molar-refractivity contribution in [2.75, 3.05) is 26.5 Å². The fraction of sp³-hybridized carbons (Fsp3) is 0.571. The first-order chi connectivity index (χ1) is 15.0. The molecule has 184 valence electrons. The molecule has 1 saturated heterocycles. The molecular weight excluding hydrogens is 431 g/mol. The first-order valence-corrected chi connectivity index (χ1v) is 14.8. The van der Waals surface area contributed by atoms with Crippen LogP contribution in [0.15, 0.2) is 24.3 Å². The van der Waals surface area contributed by atoms with Gasteiger partial charge in [-0.1, -0.05) is 0 Å². The van der Waals surface area contributed by atoms with Crippen molar-refractivity contribution < 1.29 is 18.7 Å². The van der Waals surface area contributed by atoms with Gasteiger partial charge in [-0.2, -0.15) is 0 Å². The van der Waals surface area contributed by atoms with Gasteiger partial charge in [0.15, 0.2) is 0 Å². The van der Waals surface area contributed by atoms with E-state index in [0.717, 1.165) is 40.0 Å². The number of rotatable bonds is 4. The standard InChI is InChI=1S/C28H43O4P/c1-19-14-21(25(29)23(16-19)27(3,4)5)18-22-15-20(2)17-24(28(6,7)8)26(22)32-33(9,10)30-12-11-13-31-33/h14-17,29H,11-13,18H2,1-10H3. The van der Waals surface area contributed by atoms with Gasteiger partial charge in [-0.05, 0) is 0 Å². The van der Waals surface area contributed by atoms with Crippen molar-refractivity contribution >= 4 is 7.28 Å². The molecule has 0 saturated carbocycles. The molecule has 5 heteroatoms. The van der Waals surface area contributed by atoms with E-state index in [2.05, 4.69) is 79.7 Å². The fourth-order valence-electron chi connectivity index (χ4n) is 4.46. The third kappa shape index (κ3) is 5.91. The Morgan fingerprint density at radius 1 is 0.818 bits per heavy atom. The summed E-state index contributed by atoms with van der Waals surface area (Å²) in [6.07, 6.45) is 1.45. The number of hydrogen-bond donors (Lipinski definition) is 1. The summed E-state index contributed by atoms with van der Waals surface area (Å²) in [5.41, 5.74) is 6.10. The first-order valence-electron chi connectivity index (χ1n) is 12.0. The van der Waals surface area contributed by atoms with Crippen LogP contribution in [0.25, 0.3) is 0 Å². The van der Waals surface area contributed by atoms with Crippen LogP contribution < -0.4 is 4.52 Å². The Morgan fingerprint density at radius 3 is 1.82 bits per heavy atom. The second-order valence-electron chi connectivity index (χ2n) is 12.2. The molecule has 0 atom stereocenters. The number of phenols is 1. The summed E-state index contributed by atoms with van der Waals surface area (Å²) in [5.74, 6) is 1.20. The molecule has 0 amide bonds. The molecule has 0 bridgehead atoms. The van der Waals surface area contributed by atoms with E-state index < -0.39 is 7.28 Å². The van der Waals surface area contributed by atoms with Crippen molar-refractivity contribution in [2.45, 2.75) is 79.1 Å². The van der Waals surface area contributed by atoms with Crippen molar-refractivity contribution in [2.24, 2.45) is 0 Å². The molecule has 33 heavy (non-hydrogen) atoms. The number of hydrogen-bond acceptors (Lipinski definition) is 4. The summed E-state index contributed by atoms with van der Waals surface area (Å²) in [6, 6.07) is 8.55. The minimum absolute atomic E-state index is 0.129. The summed E-state index contributed by atoms with van der Waals surface area (Å²) in [4.78, 5) is 0. The van der Waals surface area contributed by atoms with Gasteiger partial charge in [0.25, 0.3) is 0 Å². The van der Waals surface area contributed by atoms with Crippen molar-refractivity contribution in [3.63, 3.8) is 0 Å². The van der Waals surface area contributed by atoms with Crippen LogP contribution in [-0.4, -0.2) is 31.6 Å². The van der Waals surface area contributed by atoms with Gasteiger partial charge in [0, 0.05) is 0 Å². The fourth-order valence-corrected chi connectivity index (χ4v) is 6.66. The Hall–Kier alpha value is -1.61. The van der Waals surface area contributed by atoms with Crippen LogP contribution >= 0.6 is 7.28 Å². The molecule has 1 N–H and O–H groups in total. The summed E-state index contributed by atoms with van der Waals surface area (Å²) >= 11 is 0. The Bertz CT molecular complexity index is 1030. The molecular formula is C28H43O4P. The van der Waals surface area contributed by atoms with Crippen LogP contribution in [0.4, 0.5) is 0 Å². The number of phenolic OH excluding ortho intramolecular Hbond substituents is 1. The molecule has 1 aliphatic heterocycles. The topological polar surface area (TPSA) is 47.9 Å². The van der Waals surface area contributed by atoms with Crippen LogP contribution in [0.3, 0.4) is 0 Å². The maximum atomic E-state index is 11.2. The van der Waals surface area contributed by atoms with Crippen molar-refractivity contribution in [3.05, 3.63) is 57.6 Å². The van der Waals surface area contributed by atoms with Gasteiger partial charge < -0.3 is 0 Å². The molecule has 0 aromatic heterocycles. The van der Waals surface area contributed by atoms with E-state index in [9.17, 15) is 5.11 Å². The zero-order valence-electron chi connectivity index (χ0n) is 22.3. The van der Waals surface area contributed by atoms with Gasteiger partial charge >= 0.3 is 201 Å². The molecule has 2 aromatic rings. The van der Waals surface area contributed by atoms with E-state index in [-0.39, 0.29) is 10.8 Å². The van der Waals surface area contributed by atoms with Gasteiger partial charge in [-0.15, -0.1) is 0 Å². The first kappa shape index (κ1) is 26.0. The van der Waals surface area contributed by atoms with Crippen molar-refractivity contribution in [3.8, 4) is 11.5 Å². The van der Waals surface area contributed by atoms with Crippen LogP contribution in [-0.2, 0) is 26.3 Å². The Morgan fingerprint density at radius 2 is 1.30 bits per heavy atom. The van der Waals surface area contributed by atoms with Crippen LogP contribution in [0.5, 0.6) is 11.5 Å². The maximum absolute atomic E-state index is 11.2. The number of aromatic hydroxyl groups is 1. The van der Waals surface area contributed by atoms with Gasteiger partial charge in [0.1, 0.15) is 0 Å². The molecule has 0 radical (unpaired) electrons. The molecule has 0 aliphatic carbocycles. The van der Waals surface area contributed by atoms with Gasteiger partial charge in [-0.25, -0.2) is 0 Å². The third-order valence-corrected chi connectivity index (χ3v) is 8.70. The molecule has 0 unspecified atom stereocenters. The van der Waals surface area contributed by atoms with Crippen LogP contribution in [0.2, 0.25) is 0 Å². The molecule has 1 fully saturated rings. The normalized spacial score (nSPS) is 19.5.